The van der Waals surface area contributed by atoms with Crippen molar-refractivity contribution in [2.24, 2.45) is 0 Å². The van der Waals surface area contributed by atoms with Crippen molar-refractivity contribution in [1.82, 2.24) is 5.32 Å². The molecular weight excluding hydrogens is 411 g/mol. The third kappa shape index (κ3) is 4.39. The molecule has 0 aliphatic heterocycles. The molecule has 1 amide bonds. The number of fused-ring (bicyclic) bond motifs is 1. The van der Waals surface area contributed by atoms with Crippen LogP contribution in [0.2, 0.25) is 10.0 Å². The van der Waals surface area contributed by atoms with Gasteiger partial charge in [-0.05, 0) is 48.6 Å². The standard InChI is InChI=1S/C18H12Cl2N2O4S/c1-25-16-12(19)7-10(8-13(16)20)17(24)22-18(27)21-11-3-4-14-9(6-11)2-5-15(23)26-14/h2-8H,1H3,(H2,21,22,24,27). The van der Waals surface area contributed by atoms with Crippen molar-refractivity contribution in [3.05, 3.63) is 68.5 Å². The highest BCUT2D eigenvalue weighted by Gasteiger charge is 2.14. The monoisotopic (exact) mass is 422 g/mol. The first-order valence-electron chi connectivity index (χ1n) is 7.56. The first-order valence-corrected chi connectivity index (χ1v) is 8.73. The normalized spacial score (nSPS) is 10.5. The molecule has 27 heavy (non-hydrogen) atoms. The lowest BCUT2D eigenvalue weighted by atomic mass is 10.2. The van der Waals surface area contributed by atoms with Gasteiger partial charge >= 0.3 is 5.63 Å². The summed E-state index contributed by atoms with van der Waals surface area (Å²) in [5.74, 6) is -0.191. The molecule has 3 aromatic rings. The van der Waals surface area contributed by atoms with Crippen molar-refractivity contribution >= 4 is 63.1 Å². The van der Waals surface area contributed by atoms with Gasteiger partial charge in [-0.25, -0.2) is 4.79 Å². The zero-order chi connectivity index (χ0) is 19.6. The fourth-order valence-corrected chi connectivity index (χ4v) is 3.23. The van der Waals surface area contributed by atoms with Crippen molar-refractivity contribution in [3.63, 3.8) is 0 Å². The zero-order valence-corrected chi connectivity index (χ0v) is 16.2. The van der Waals surface area contributed by atoms with E-state index in [1.54, 1.807) is 24.3 Å². The number of anilines is 1. The van der Waals surface area contributed by atoms with Gasteiger partial charge in [-0.3, -0.25) is 10.1 Å². The molecule has 0 bridgehead atoms. The van der Waals surface area contributed by atoms with Crippen LogP contribution in [0.4, 0.5) is 5.69 Å². The van der Waals surface area contributed by atoms with E-state index in [0.717, 1.165) is 0 Å². The van der Waals surface area contributed by atoms with Crippen LogP contribution in [-0.2, 0) is 0 Å². The molecule has 138 valence electrons. The Kier molecular flexibility index (Phi) is 5.65. The molecule has 6 nitrogen and oxygen atoms in total. The lowest BCUT2D eigenvalue weighted by Gasteiger charge is -2.12. The van der Waals surface area contributed by atoms with Crippen LogP contribution in [0.3, 0.4) is 0 Å². The van der Waals surface area contributed by atoms with Crippen LogP contribution < -0.4 is 21.0 Å². The Bertz CT molecular complexity index is 1090. The molecule has 2 N–H and O–H groups in total. The number of nitrogens with one attached hydrogen (secondary N) is 2. The van der Waals surface area contributed by atoms with Crippen molar-refractivity contribution in [2.75, 3.05) is 12.4 Å². The van der Waals surface area contributed by atoms with E-state index < -0.39 is 11.5 Å². The number of carbonyl (C=O) groups is 1. The number of carbonyl (C=O) groups excluding carboxylic acids is 1. The van der Waals surface area contributed by atoms with E-state index in [2.05, 4.69) is 10.6 Å². The van der Waals surface area contributed by atoms with Gasteiger partial charge in [0.1, 0.15) is 5.58 Å². The second-order valence-corrected chi connectivity index (χ2v) is 6.61. The lowest BCUT2D eigenvalue weighted by molar-refractivity contribution is 0.0977. The predicted octanol–water partition coefficient (Wildman–Crippen LogP) is 4.24. The number of thiocarbonyl (C=S) groups is 1. The molecule has 0 saturated heterocycles. The smallest absolute Gasteiger partial charge is 0.336 e. The van der Waals surface area contributed by atoms with Crippen molar-refractivity contribution in [3.8, 4) is 5.75 Å². The molecule has 0 saturated carbocycles. The van der Waals surface area contributed by atoms with Gasteiger partial charge in [0.05, 0.1) is 17.2 Å². The number of halogens is 2. The van der Waals surface area contributed by atoms with Gasteiger partial charge in [0, 0.05) is 22.7 Å². The van der Waals surface area contributed by atoms with E-state index >= 15 is 0 Å². The number of rotatable bonds is 3. The summed E-state index contributed by atoms with van der Waals surface area (Å²) in [4.78, 5) is 23.6. The molecule has 0 radical (unpaired) electrons. The maximum Gasteiger partial charge on any atom is 0.336 e. The Morgan fingerprint density at radius 3 is 2.48 bits per heavy atom. The fourth-order valence-electron chi connectivity index (χ4n) is 2.37. The molecule has 1 heterocycles. The van der Waals surface area contributed by atoms with Crippen LogP contribution in [0.15, 0.2) is 51.7 Å². The summed E-state index contributed by atoms with van der Waals surface area (Å²) in [5, 5.41) is 6.65. The van der Waals surface area contributed by atoms with Gasteiger partial charge in [-0.1, -0.05) is 23.2 Å². The van der Waals surface area contributed by atoms with Gasteiger partial charge in [-0.2, -0.15) is 0 Å². The lowest BCUT2D eigenvalue weighted by Crippen LogP contribution is -2.34. The number of methoxy groups -OCH3 is 1. The summed E-state index contributed by atoms with van der Waals surface area (Å²) in [6, 6.07) is 10.9. The molecule has 2 aromatic carbocycles. The summed E-state index contributed by atoms with van der Waals surface area (Å²) < 4.78 is 10.1. The third-order valence-electron chi connectivity index (χ3n) is 3.57. The molecule has 3 rings (SSSR count). The first kappa shape index (κ1) is 19.2. The average molecular weight is 423 g/mol. The molecule has 0 aliphatic carbocycles. The Balaban J connectivity index is 1.73. The van der Waals surface area contributed by atoms with Crippen LogP contribution >= 0.6 is 35.4 Å². The maximum atomic E-state index is 12.4. The summed E-state index contributed by atoms with van der Waals surface area (Å²) in [5.41, 5.74) is 0.871. The second-order valence-electron chi connectivity index (χ2n) is 5.39. The minimum Gasteiger partial charge on any atom is -0.494 e. The van der Waals surface area contributed by atoms with E-state index in [1.165, 1.54) is 25.3 Å². The molecule has 1 aromatic heterocycles. The first-order chi connectivity index (χ1) is 12.9. The highest BCUT2D eigenvalue weighted by molar-refractivity contribution is 7.80. The zero-order valence-electron chi connectivity index (χ0n) is 13.8. The summed E-state index contributed by atoms with van der Waals surface area (Å²) in [6.07, 6.45) is 0. The molecule has 0 unspecified atom stereocenters. The van der Waals surface area contributed by atoms with Crippen LogP contribution in [0.5, 0.6) is 5.75 Å². The molecule has 0 aliphatic rings. The number of hydrogen-bond donors (Lipinski definition) is 2. The molecule has 0 spiro atoms. The van der Waals surface area contributed by atoms with E-state index in [0.29, 0.717) is 22.4 Å². The van der Waals surface area contributed by atoms with Crippen molar-refractivity contribution in [1.29, 1.82) is 0 Å². The van der Waals surface area contributed by atoms with E-state index in [1.807, 2.05) is 0 Å². The number of ether oxygens (including phenoxy) is 1. The van der Waals surface area contributed by atoms with Crippen LogP contribution in [0.1, 0.15) is 10.4 Å². The topological polar surface area (TPSA) is 80.6 Å². The minimum atomic E-state index is -0.481. The highest BCUT2D eigenvalue weighted by atomic mass is 35.5. The Morgan fingerprint density at radius 1 is 1.11 bits per heavy atom. The number of benzene rings is 2. The van der Waals surface area contributed by atoms with Crippen molar-refractivity contribution in [2.45, 2.75) is 0 Å². The Hall–Kier alpha value is -2.61. The summed E-state index contributed by atoms with van der Waals surface area (Å²) in [7, 11) is 1.43. The summed E-state index contributed by atoms with van der Waals surface area (Å²) >= 11 is 17.2. The SMILES string of the molecule is COc1c(Cl)cc(C(=O)NC(=S)Nc2ccc3oc(=O)ccc3c2)cc1Cl. The number of amides is 1. The van der Waals surface area contributed by atoms with Crippen molar-refractivity contribution < 1.29 is 13.9 Å². The maximum absolute atomic E-state index is 12.4. The van der Waals surface area contributed by atoms with Gasteiger partial charge in [0.25, 0.3) is 5.91 Å². The Morgan fingerprint density at radius 2 is 1.81 bits per heavy atom. The quantitative estimate of drug-likeness (QED) is 0.485. The highest BCUT2D eigenvalue weighted by Crippen LogP contribution is 2.33. The van der Waals surface area contributed by atoms with Gasteiger partial charge < -0.3 is 14.5 Å². The predicted molar refractivity (Wildman–Crippen MR) is 109 cm³/mol. The molecule has 9 heteroatoms. The molecule has 0 atom stereocenters. The third-order valence-corrected chi connectivity index (χ3v) is 4.33. The van der Waals surface area contributed by atoms with Gasteiger partial charge in [0.2, 0.25) is 0 Å². The van der Waals surface area contributed by atoms with Crippen LogP contribution in [0, 0.1) is 0 Å². The van der Waals surface area contributed by atoms with E-state index in [4.69, 9.17) is 44.6 Å². The van der Waals surface area contributed by atoms with E-state index in [9.17, 15) is 9.59 Å². The Labute approximate surface area is 169 Å². The summed E-state index contributed by atoms with van der Waals surface area (Å²) in [6.45, 7) is 0. The van der Waals surface area contributed by atoms with Gasteiger partial charge in [0.15, 0.2) is 10.9 Å². The van der Waals surface area contributed by atoms with E-state index in [-0.39, 0.29) is 20.7 Å². The number of hydrogen-bond acceptors (Lipinski definition) is 5. The minimum absolute atomic E-state index is 0.0831. The molecular formula is C18H12Cl2N2O4S. The fraction of sp³-hybridized carbons (Fsp3) is 0.0556. The average Bonchev–Trinajstić information content (AvgIpc) is 2.61. The van der Waals surface area contributed by atoms with Crippen LogP contribution in [0.25, 0.3) is 11.0 Å². The van der Waals surface area contributed by atoms with Crippen LogP contribution in [-0.4, -0.2) is 18.1 Å². The van der Waals surface area contributed by atoms with Gasteiger partial charge in [-0.15, -0.1) is 0 Å². The molecule has 0 fully saturated rings. The second kappa shape index (κ2) is 7.96. The largest absolute Gasteiger partial charge is 0.494 e.